The Hall–Kier alpha value is -1.42. The van der Waals surface area contributed by atoms with Crippen LogP contribution < -0.4 is 4.72 Å². The summed E-state index contributed by atoms with van der Waals surface area (Å²) >= 11 is 0. The Labute approximate surface area is 119 Å². The number of halogens is 1. The van der Waals surface area contributed by atoms with Gasteiger partial charge in [0, 0.05) is 11.6 Å². The van der Waals surface area contributed by atoms with E-state index in [4.69, 9.17) is 5.11 Å². The number of hydrogen-bond acceptors (Lipinski definition) is 3. The van der Waals surface area contributed by atoms with E-state index in [1.165, 1.54) is 6.07 Å². The van der Waals surface area contributed by atoms with Crippen LogP contribution in [-0.2, 0) is 10.0 Å². The molecular weight excluding hydrogens is 281 g/mol. The van der Waals surface area contributed by atoms with Crippen LogP contribution >= 0.6 is 0 Å². The molecule has 0 spiro atoms. The number of nitrogens with one attached hydrogen (secondary N) is 1. The van der Waals surface area contributed by atoms with Crippen LogP contribution in [0.2, 0.25) is 0 Å². The van der Waals surface area contributed by atoms with Crippen molar-refractivity contribution in [1.29, 1.82) is 0 Å². The molecule has 0 fully saturated rings. The van der Waals surface area contributed by atoms with E-state index in [9.17, 15) is 12.8 Å². The molecule has 0 aliphatic carbocycles. The third-order valence-corrected chi connectivity index (χ3v) is 4.49. The molecule has 0 saturated carbocycles. The molecule has 0 amide bonds. The van der Waals surface area contributed by atoms with Gasteiger partial charge >= 0.3 is 0 Å². The highest BCUT2D eigenvalue weighted by molar-refractivity contribution is 7.89. The number of hydrogen-bond donors (Lipinski definition) is 2. The van der Waals surface area contributed by atoms with E-state index in [0.29, 0.717) is 0 Å². The van der Waals surface area contributed by atoms with Crippen molar-refractivity contribution in [3.63, 3.8) is 0 Å². The normalized spacial score (nSPS) is 12.9. The smallest absolute Gasteiger partial charge is 0.242 e. The monoisotopic (exact) mass is 299 g/mol. The van der Waals surface area contributed by atoms with Gasteiger partial charge in [-0.3, -0.25) is 0 Å². The van der Waals surface area contributed by atoms with Gasteiger partial charge in [0.15, 0.2) is 0 Å². The summed E-state index contributed by atoms with van der Waals surface area (Å²) in [7, 11) is -3.78. The summed E-state index contributed by atoms with van der Waals surface area (Å²) in [5.41, 5.74) is 0.0301. The molecule has 1 rings (SSSR count). The van der Waals surface area contributed by atoms with Crippen LogP contribution in [0.5, 0.6) is 0 Å². The lowest BCUT2D eigenvalue weighted by molar-refractivity contribution is 0.350. The largest absolute Gasteiger partial charge is 0.384 e. The van der Waals surface area contributed by atoms with Crippen LogP contribution in [0, 0.1) is 23.6 Å². The molecule has 2 N–H and O–H groups in total. The lowest BCUT2D eigenvalue weighted by Crippen LogP contribution is -2.36. The molecule has 1 atom stereocenters. The fourth-order valence-electron chi connectivity index (χ4n) is 1.41. The second-order valence-corrected chi connectivity index (χ2v) is 6.44. The van der Waals surface area contributed by atoms with Gasteiger partial charge < -0.3 is 5.11 Å². The quantitative estimate of drug-likeness (QED) is 0.828. The molecule has 0 bridgehead atoms. The van der Waals surface area contributed by atoms with Crippen LogP contribution in [0.1, 0.15) is 26.3 Å². The Kier molecular flexibility index (Phi) is 5.69. The van der Waals surface area contributed by atoms with E-state index < -0.39 is 22.4 Å². The zero-order valence-electron chi connectivity index (χ0n) is 11.6. The Morgan fingerprint density at radius 1 is 1.35 bits per heavy atom. The van der Waals surface area contributed by atoms with Crippen molar-refractivity contribution in [2.45, 2.75) is 31.7 Å². The van der Waals surface area contributed by atoms with Crippen molar-refractivity contribution in [2.24, 2.45) is 5.92 Å². The minimum absolute atomic E-state index is 0.0301. The first-order valence-corrected chi connectivity index (χ1v) is 7.68. The van der Waals surface area contributed by atoms with Gasteiger partial charge in [0.1, 0.15) is 12.4 Å². The summed E-state index contributed by atoms with van der Waals surface area (Å²) in [6.07, 6.45) is 0. The van der Waals surface area contributed by atoms with E-state index in [0.717, 1.165) is 12.1 Å². The van der Waals surface area contributed by atoms with Crippen molar-refractivity contribution >= 4 is 10.0 Å². The van der Waals surface area contributed by atoms with Crippen LogP contribution in [0.4, 0.5) is 4.39 Å². The minimum atomic E-state index is -3.78. The van der Waals surface area contributed by atoms with Gasteiger partial charge in [-0.15, -0.1) is 0 Å². The van der Waals surface area contributed by atoms with Crippen molar-refractivity contribution in [1.82, 2.24) is 4.72 Å². The number of aliphatic hydroxyl groups excluding tert-OH is 1. The molecule has 0 radical (unpaired) electrons. The molecular formula is C14H18FNO3S. The van der Waals surface area contributed by atoms with Gasteiger partial charge in [0.2, 0.25) is 10.0 Å². The highest BCUT2D eigenvalue weighted by atomic mass is 32.2. The fraction of sp³-hybridized carbons (Fsp3) is 0.429. The Bertz CT molecular complexity index is 630. The van der Waals surface area contributed by atoms with Crippen LogP contribution in [-0.4, -0.2) is 26.2 Å². The summed E-state index contributed by atoms with van der Waals surface area (Å²) in [6.45, 7) is 5.12. The Morgan fingerprint density at radius 3 is 2.55 bits per heavy atom. The SMILES string of the molecule is CC(C)C(C)NS(=O)(=O)c1ccc(F)cc1C#CCO. The van der Waals surface area contributed by atoms with Crippen molar-refractivity contribution in [3.05, 3.63) is 29.6 Å². The fourth-order valence-corrected chi connectivity index (χ4v) is 2.95. The van der Waals surface area contributed by atoms with E-state index in [-0.39, 0.29) is 22.4 Å². The zero-order chi connectivity index (χ0) is 15.3. The summed E-state index contributed by atoms with van der Waals surface area (Å²) in [5, 5.41) is 8.68. The van der Waals surface area contributed by atoms with Crippen LogP contribution in [0.3, 0.4) is 0 Å². The second-order valence-electron chi connectivity index (χ2n) is 4.75. The molecule has 4 nitrogen and oxygen atoms in total. The van der Waals surface area contributed by atoms with E-state index in [2.05, 4.69) is 16.6 Å². The molecule has 1 aromatic carbocycles. The standard InChI is InChI=1S/C14H18FNO3S/c1-10(2)11(3)16-20(18,19)14-7-6-13(15)9-12(14)5-4-8-17/h6-7,9-11,16-17H,8H2,1-3H3. The van der Waals surface area contributed by atoms with E-state index >= 15 is 0 Å². The van der Waals surface area contributed by atoms with Gasteiger partial charge in [0.25, 0.3) is 0 Å². The molecule has 0 aliphatic heterocycles. The summed E-state index contributed by atoms with van der Waals surface area (Å²) in [4.78, 5) is -0.0904. The molecule has 0 aliphatic rings. The highest BCUT2D eigenvalue weighted by Gasteiger charge is 2.22. The summed E-state index contributed by atoms with van der Waals surface area (Å²) < 4.78 is 40.3. The zero-order valence-corrected chi connectivity index (χ0v) is 12.5. The highest BCUT2D eigenvalue weighted by Crippen LogP contribution is 2.17. The van der Waals surface area contributed by atoms with Gasteiger partial charge in [-0.25, -0.2) is 17.5 Å². The first-order valence-electron chi connectivity index (χ1n) is 6.19. The van der Waals surface area contributed by atoms with E-state index in [1.807, 2.05) is 13.8 Å². The molecule has 0 heterocycles. The molecule has 0 aromatic heterocycles. The predicted octanol–water partition coefficient (Wildman–Crippen LogP) is 1.49. The number of rotatable bonds is 4. The number of aliphatic hydroxyl groups is 1. The molecule has 110 valence electrons. The van der Waals surface area contributed by atoms with Gasteiger partial charge in [-0.2, -0.15) is 0 Å². The average molecular weight is 299 g/mol. The lowest BCUT2D eigenvalue weighted by Gasteiger charge is -2.18. The third kappa shape index (κ3) is 4.30. The maximum atomic E-state index is 13.2. The molecule has 6 heteroatoms. The average Bonchev–Trinajstić information content (AvgIpc) is 2.35. The van der Waals surface area contributed by atoms with E-state index in [1.54, 1.807) is 6.92 Å². The van der Waals surface area contributed by atoms with Crippen molar-refractivity contribution < 1.29 is 17.9 Å². The first kappa shape index (κ1) is 16.6. The first-order chi connectivity index (χ1) is 9.27. The molecule has 1 aromatic rings. The summed E-state index contributed by atoms with van der Waals surface area (Å²) in [6, 6.07) is 3.02. The van der Waals surface area contributed by atoms with Crippen molar-refractivity contribution in [2.75, 3.05) is 6.61 Å². The summed E-state index contributed by atoms with van der Waals surface area (Å²) in [5.74, 6) is 4.32. The topological polar surface area (TPSA) is 66.4 Å². The van der Waals surface area contributed by atoms with Gasteiger partial charge in [-0.1, -0.05) is 25.7 Å². The lowest BCUT2D eigenvalue weighted by atomic mass is 10.1. The van der Waals surface area contributed by atoms with Crippen molar-refractivity contribution in [3.8, 4) is 11.8 Å². The second kappa shape index (κ2) is 6.84. The third-order valence-electron chi connectivity index (χ3n) is 2.87. The minimum Gasteiger partial charge on any atom is -0.384 e. The van der Waals surface area contributed by atoms with Crippen LogP contribution in [0.15, 0.2) is 23.1 Å². The van der Waals surface area contributed by atoms with Gasteiger partial charge in [0.05, 0.1) is 4.90 Å². The Balaban J connectivity index is 3.24. The number of benzene rings is 1. The van der Waals surface area contributed by atoms with Gasteiger partial charge in [-0.05, 0) is 31.0 Å². The predicted molar refractivity (Wildman–Crippen MR) is 75.0 cm³/mol. The molecule has 20 heavy (non-hydrogen) atoms. The Morgan fingerprint density at radius 2 is 2.00 bits per heavy atom. The number of sulfonamides is 1. The van der Waals surface area contributed by atoms with Crippen LogP contribution in [0.25, 0.3) is 0 Å². The maximum absolute atomic E-state index is 13.2. The maximum Gasteiger partial charge on any atom is 0.242 e. The molecule has 1 unspecified atom stereocenters. The molecule has 0 saturated heterocycles.